The number of para-hydroxylation sites is 1. The van der Waals surface area contributed by atoms with E-state index in [2.05, 4.69) is 10.3 Å². The Morgan fingerprint density at radius 2 is 1.68 bits per heavy atom. The molecule has 0 bridgehead atoms. The van der Waals surface area contributed by atoms with E-state index in [9.17, 15) is 4.79 Å². The molecule has 0 aliphatic rings. The number of ether oxygens (including phenoxy) is 3. The number of esters is 1. The van der Waals surface area contributed by atoms with Crippen LogP contribution >= 0.6 is 0 Å². The fourth-order valence-corrected chi connectivity index (χ4v) is 3.01. The van der Waals surface area contributed by atoms with E-state index >= 15 is 0 Å². The zero-order valence-corrected chi connectivity index (χ0v) is 17.7. The molecular formula is C25H28N2O4. The average molecular weight is 421 g/mol. The van der Waals surface area contributed by atoms with Gasteiger partial charge in [0.15, 0.2) is 0 Å². The van der Waals surface area contributed by atoms with Gasteiger partial charge in [-0.15, -0.1) is 0 Å². The Morgan fingerprint density at radius 3 is 2.39 bits per heavy atom. The van der Waals surface area contributed by atoms with Gasteiger partial charge in [-0.25, -0.2) is 9.78 Å². The molecular weight excluding hydrogens is 392 g/mol. The van der Waals surface area contributed by atoms with E-state index in [4.69, 9.17) is 14.2 Å². The summed E-state index contributed by atoms with van der Waals surface area (Å²) in [7, 11) is 1.35. The maximum absolute atomic E-state index is 12.2. The monoisotopic (exact) mass is 420 g/mol. The highest BCUT2D eigenvalue weighted by Crippen LogP contribution is 2.25. The molecule has 0 amide bonds. The van der Waals surface area contributed by atoms with Crippen LogP contribution in [0.25, 0.3) is 0 Å². The molecule has 0 fully saturated rings. The van der Waals surface area contributed by atoms with Crippen molar-refractivity contribution in [2.75, 3.05) is 25.6 Å². The first kappa shape index (κ1) is 22.2. The molecule has 1 unspecified atom stereocenters. The van der Waals surface area contributed by atoms with Gasteiger partial charge in [0.1, 0.15) is 17.3 Å². The fraction of sp³-hybridized carbons (Fsp3) is 0.280. The first-order chi connectivity index (χ1) is 15.3. The Hall–Kier alpha value is -3.54. The van der Waals surface area contributed by atoms with Gasteiger partial charge in [-0.1, -0.05) is 36.4 Å². The number of nitrogens with zero attached hydrogens (tertiary/aromatic N) is 1. The summed E-state index contributed by atoms with van der Waals surface area (Å²) in [6, 6.07) is 22.4. The third-order valence-electron chi connectivity index (χ3n) is 4.66. The summed E-state index contributed by atoms with van der Waals surface area (Å²) in [6.45, 7) is 1.53. The minimum Gasteiger partial charge on any atom is -0.494 e. The number of aromatic nitrogens is 1. The van der Waals surface area contributed by atoms with Crippen molar-refractivity contribution in [2.24, 2.45) is 0 Å². The van der Waals surface area contributed by atoms with Crippen molar-refractivity contribution in [1.29, 1.82) is 0 Å². The summed E-state index contributed by atoms with van der Waals surface area (Å²) in [5, 5.41) is 3.30. The van der Waals surface area contributed by atoms with E-state index in [-0.39, 0.29) is 0 Å². The second-order valence-electron chi connectivity index (χ2n) is 6.95. The molecule has 3 aromatic rings. The Kier molecular flexibility index (Phi) is 8.73. The van der Waals surface area contributed by atoms with Crippen molar-refractivity contribution in [3.05, 3.63) is 84.6 Å². The van der Waals surface area contributed by atoms with Crippen molar-refractivity contribution in [3.63, 3.8) is 0 Å². The number of unbranched alkanes of at least 4 members (excludes halogenated alkanes) is 2. The molecule has 0 saturated heterocycles. The van der Waals surface area contributed by atoms with Gasteiger partial charge < -0.3 is 19.5 Å². The second kappa shape index (κ2) is 12.2. The summed E-state index contributed by atoms with van der Waals surface area (Å²) >= 11 is 0. The molecule has 2 aromatic carbocycles. The topological polar surface area (TPSA) is 69.7 Å². The van der Waals surface area contributed by atoms with Crippen LogP contribution in [0.1, 0.15) is 30.9 Å². The number of hydrogen-bond acceptors (Lipinski definition) is 6. The van der Waals surface area contributed by atoms with Crippen molar-refractivity contribution in [3.8, 4) is 11.5 Å². The van der Waals surface area contributed by atoms with Gasteiger partial charge in [0.25, 0.3) is 0 Å². The molecule has 6 heteroatoms. The Balaban J connectivity index is 1.41. The summed E-state index contributed by atoms with van der Waals surface area (Å²) in [5.41, 5.74) is 0.712. The molecule has 1 atom stereocenters. The van der Waals surface area contributed by atoms with E-state index in [1.54, 1.807) is 18.3 Å². The standard InChI is InChI=1S/C25H28N2O4/c1-29-25(28)24(31-22-10-4-2-5-11-22)20-13-15-21(16-14-20)30-19-9-3-7-17-26-23-12-6-8-18-27-23/h2,4-6,8,10-16,18,24H,3,7,9,17,19H2,1H3,(H,26,27). The predicted molar refractivity (Wildman–Crippen MR) is 120 cm³/mol. The Morgan fingerprint density at radius 1 is 0.903 bits per heavy atom. The van der Waals surface area contributed by atoms with Crippen LogP contribution in [0.4, 0.5) is 5.82 Å². The molecule has 0 radical (unpaired) electrons. The molecule has 1 heterocycles. The van der Waals surface area contributed by atoms with Crippen LogP contribution in [0.3, 0.4) is 0 Å². The van der Waals surface area contributed by atoms with Crippen LogP contribution in [-0.2, 0) is 9.53 Å². The smallest absolute Gasteiger partial charge is 0.351 e. The van der Waals surface area contributed by atoms with Crippen molar-refractivity contribution >= 4 is 11.8 Å². The molecule has 6 nitrogen and oxygen atoms in total. The van der Waals surface area contributed by atoms with Gasteiger partial charge in [0, 0.05) is 18.3 Å². The first-order valence-corrected chi connectivity index (χ1v) is 10.4. The molecule has 1 N–H and O–H groups in total. The van der Waals surface area contributed by atoms with E-state index in [0.29, 0.717) is 17.9 Å². The minimum atomic E-state index is -0.826. The lowest BCUT2D eigenvalue weighted by Crippen LogP contribution is -2.20. The maximum Gasteiger partial charge on any atom is 0.351 e. The molecule has 3 rings (SSSR count). The lowest BCUT2D eigenvalue weighted by atomic mass is 10.1. The number of carbonyl (C=O) groups excluding carboxylic acids is 1. The summed E-state index contributed by atoms with van der Waals surface area (Å²) in [5.74, 6) is 1.83. The van der Waals surface area contributed by atoms with Gasteiger partial charge in [-0.2, -0.15) is 0 Å². The number of hydrogen-bond donors (Lipinski definition) is 1. The van der Waals surface area contributed by atoms with Crippen LogP contribution in [0.5, 0.6) is 11.5 Å². The molecule has 31 heavy (non-hydrogen) atoms. The number of rotatable bonds is 12. The minimum absolute atomic E-state index is 0.447. The van der Waals surface area contributed by atoms with Gasteiger partial charge in [0.05, 0.1) is 13.7 Å². The van der Waals surface area contributed by atoms with Gasteiger partial charge in [-0.3, -0.25) is 0 Å². The normalized spacial score (nSPS) is 11.4. The van der Waals surface area contributed by atoms with E-state index < -0.39 is 12.1 Å². The number of carbonyl (C=O) groups is 1. The van der Waals surface area contributed by atoms with Crippen molar-refractivity contribution in [1.82, 2.24) is 4.98 Å². The number of anilines is 1. The Bertz CT molecular complexity index is 902. The third-order valence-corrected chi connectivity index (χ3v) is 4.66. The summed E-state index contributed by atoms with van der Waals surface area (Å²) in [6.07, 6.45) is 4.04. The first-order valence-electron chi connectivity index (χ1n) is 10.4. The maximum atomic E-state index is 12.2. The fourth-order valence-electron chi connectivity index (χ4n) is 3.01. The van der Waals surface area contributed by atoms with E-state index in [0.717, 1.165) is 37.4 Å². The molecule has 0 aliphatic heterocycles. The number of methoxy groups -OCH3 is 1. The zero-order valence-electron chi connectivity index (χ0n) is 17.7. The van der Waals surface area contributed by atoms with Gasteiger partial charge in [0.2, 0.25) is 6.10 Å². The van der Waals surface area contributed by atoms with Crippen LogP contribution in [0.2, 0.25) is 0 Å². The second-order valence-corrected chi connectivity index (χ2v) is 6.95. The van der Waals surface area contributed by atoms with Crippen LogP contribution < -0.4 is 14.8 Å². The Labute approximate surface area is 183 Å². The summed E-state index contributed by atoms with van der Waals surface area (Å²) in [4.78, 5) is 16.4. The number of benzene rings is 2. The summed E-state index contributed by atoms with van der Waals surface area (Å²) < 4.78 is 16.6. The van der Waals surface area contributed by atoms with Crippen LogP contribution in [0.15, 0.2) is 79.0 Å². The highest BCUT2D eigenvalue weighted by Gasteiger charge is 2.23. The highest BCUT2D eigenvalue weighted by molar-refractivity contribution is 5.77. The zero-order chi connectivity index (χ0) is 21.7. The SMILES string of the molecule is COC(=O)C(Oc1ccccc1)c1ccc(OCCCCCNc2ccccn2)cc1. The molecule has 0 saturated carbocycles. The number of nitrogens with one attached hydrogen (secondary N) is 1. The van der Waals surface area contributed by atoms with Crippen LogP contribution in [0, 0.1) is 0 Å². The largest absolute Gasteiger partial charge is 0.494 e. The van der Waals surface area contributed by atoms with Crippen molar-refractivity contribution < 1.29 is 19.0 Å². The number of pyridine rings is 1. The molecule has 0 spiro atoms. The lowest BCUT2D eigenvalue weighted by Gasteiger charge is -2.17. The quantitative estimate of drug-likeness (QED) is 0.327. The lowest BCUT2D eigenvalue weighted by molar-refractivity contribution is -0.149. The van der Waals surface area contributed by atoms with Gasteiger partial charge in [-0.05, 0) is 55.7 Å². The molecule has 162 valence electrons. The molecule has 1 aromatic heterocycles. The molecule has 0 aliphatic carbocycles. The van der Waals surface area contributed by atoms with Crippen molar-refractivity contribution in [2.45, 2.75) is 25.4 Å². The van der Waals surface area contributed by atoms with Gasteiger partial charge >= 0.3 is 5.97 Å². The predicted octanol–water partition coefficient (Wildman–Crippen LogP) is 5.04. The van der Waals surface area contributed by atoms with Crippen LogP contribution in [-0.4, -0.2) is 31.2 Å². The van der Waals surface area contributed by atoms with E-state index in [1.807, 2.05) is 60.7 Å². The highest BCUT2D eigenvalue weighted by atomic mass is 16.6. The third kappa shape index (κ3) is 7.33. The van der Waals surface area contributed by atoms with E-state index in [1.165, 1.54) is 7.11 Å². The average Bonchev–Trinajstić information content (AvgIpc) is 2.83.